The molecule has 0 bridgehead atoms. The van der Waals surface area contributed by atoms with Gasteiger partial charge >= 0.3 is 21.1 Å². The van der Waals surface area contributed by atoms with Gasteiger partial charge in [-0.1, -0.05) is 92.9 Å². The van der Waals surface area contributed by atoms with Gasteiger partial charge in [0.05, 0.1) is 16.2 Å². The molecule has 8 heteroatoms. The second kappa shape index (κ2) is 10.8. The number of aromatic nitrogens is 3. The van der Waals surface area contributed by atoms with E-state index in [0.717, 1.165) is 49.6 Å². The molecule has 6 aromatic rings. The van der Waals surface area contributed by atoms with Crippen LogP contribution in [0.2, 0.25) is 0 Å². The molecule has 0 fully saturated rings. The van der Waals surface area contributed by atoms with Crippen LogP contribution in [0, 0.1) is 53.7 Å². The summed E-state index contributed by atoms with van der Waals surface area (Å²) in [6.45, 7) is 21.5. The molecule has 2 atom stereocenters. The van der Waals surface area contributed by atoms with Crippen molar-refractivity contribution < 1.29 is 30.5 Å². The Kier molecular flexibility index (Phi) is 7.17. The Morgan fingerprint density at radius 3 is 2.36 bits per heavy atom. The van der Waals surface area contributed by atoms with Crippen LogP contribution in [0.4, 0.5) is 0 Å². The molecular weight excluding hydrogens is 820 g/mol. The Bertz CT molecular complexity index is 2520. The van der Waals surface area contributed by atoms with Crippen LogP contribution in [0.3, 0.4) is 0 Å². The fraction of sp³-hybridized carbons (Fsp3) is 0.310. The molecule has 0 saturated heterocycles. The number of fused-ring (bicyclic) bond motifs is 8. The van der Waals surface area contributed by atoms with Gasteiger partial charge in [-0.3, -0.25) is 4.99 Å². The number of ether oxygens (including phenoxy) is 2. The van der Waals surface area contributed by atoms with Gasteiger partial charge in [0.1, 0.15) is 22.9 Å². The van der Waals surface area contributed by atoms with Crippen molar-refractivity contribution in [2.45, 2.75) is 95.6 Å². The maximum absolute atomic E-state index is 6.99. The number of hydrogen-bond acceptors (Lipinski definition) is 6. The minimum absolute atomic E-state index is 0. The second-order valence-corrected chi connectivity index (χ2v) is 16.0. The molecule has 5 heterocycles. The van der Waals surface area contributed by atoms with Crippen molar-refractivity contribution in [2.75, 3.05) is 0 Å². The minimum atomic E-state index is -0.601. The fourth-order valence-corrected chi connectivity index (χ4v) is 9.87. The van der Waals surface area contributed by atoms with Crippen molar-refractivity contribution in [1.82, 2.24) is 14.5 Å². The predicted octanol–water partition coefficient (Wildman–Crippen LogP) is 10.0. The number of benzene rings is 3. The summed E-state index contributed by atoms with van der Waals surface area (Å²) in [7, 11) is 0. The first-order chi connectivity index (χ1) is 23.2. The van der Waals surface area contributed by atoms with Gasteiger partial charge in [-0.25, -0.2) is 4.98 Å². The Morgan fingerprint density at radius 2 is 1.58 bits per heavy atom. The first kappa shape index (κ1) is 33.2. The van der Waals surface area contributed by atoms with Crippen LogP contribution >= 0.6 is 11.8 Å². The zero-order valence-electron chi connectivity index (χ0n) is 29.9. The Hall–Kier alpha value is -3.93. The van der Waals surface area contributed by atoms with Gasteiger partial charge in [-0.05, 0) is 86.3 Å². The van der Waals surface area contributed by atoms with Gasteiger partial charge < -0.3 is 19.0 Å². The maximum atomic E-state index is 6.99. The molecule has 0 spiro atoms. The number of pyridine rings is 2. The number of nitrogens with zero attached hydrogens (tertiary/aromatic N) is 4. The molecular formula is C42H38N4O2PtS. The third-order valence-electron chi connectivity index (χ3n) is 11.4. The Balaban J connectivity index is 0.00000361. The van der Waals surface area contributed by atoms with Crippen molar-refractivity contribution in [1.29, 1.82) is 0 Å². The summed E-state index contributed by atoms with van der Waals surface area (Å²) in [5.41, 5.74) is 10.2. The van der Waals surface area contributed by atoms with Crippen molar-refractivity contribution in [3.05, 3.63) is 111 Å². The van der Waals surface area contributed by atoms with Crippen LogP contribution in [0.5, 0.6) is 11.5 Å². The second-order valence-electron chi connectivity index (χ2n) is 14.9. The molecule has 0 N–H and O–H groups in total. The molecule has 0 amide bonds. The molecule has 0 radical (unpaired) electrons. The van der Waals surface area contributed by atoms with Crippen LogP contribution in [0.15, 0.2) is 63.4 Å². The van der Waals surface area contributed by atoms with Crippen molar-refractivity contribution >= 4 is 39.5 Å². The van der Waals surface area contributed by atoms with E-state index in [2.05, 4.69) is 108 Å². The monoisotopic (exact) mass is 857 g/mol. The fourth-order valence-electron chi connectivity index (χ4n) is 8.71. The molecule has 0 saturated carbocycles. The van der Waals surface area contributed by atoms with Crippen LogP contribution in [0.25, 0.3) is 27.6 Å². The SMILES string of the molecule is Cc1cc(C)c2c(c1)[C@@]1(C)N=C(c3[c-]c(Oc4[c-]c5c(cc4C)c4cc(C)cc6c4n5-c4ncccc4S6)c(C)nc3C)O[C@@]1(C)C2(C)C.[Pt+2]. The summed E-state index contributed by atoms with van der Waals surface area (Å²) in [5.74, 6) is 2.63. The molecule has 2 aliphatic heterocycles. The van der Waals surface area contributed by atoms with Gasteiger partial charge in [0.25, 0.3) is 0 Å². The molecule has 3 aromatic heterocycles. The number of aryl methyl sites for hydroxylation is 6. The van der Waals surface area contributed by atoms with Gasteiger partial charge in [0.2, 0.25) is 0 Å². The van der Waals surface area contributed by atoms with E-state index < -0.39 is 11.1 Å². The molecule has 254 valence electrons. The molecule has 1 aliphatic carbocycles. The Morgan fingerprint density at radius 1 is 0.820 bits per heavy atom. The average Bonchev–Trinajstić information content (AvgIpc) is 3.54. The zero-order valence-corrected chi connectivity index (χ0v) is 33.0. The average molecular weight is 858 g/mol. The maximum Gasteiger partial charge on any atom is 2.00 e. The summed E-state index contributed by atoms with van der Waals surface area (Å²) < 4.78 is 15.9. The largest absolute Gasteiger partial charge is 2.00 e. The van der Waals surface area contributed by atoms with Crippen LogP contribution in [-0.4, -0.2) is 26.0 Å². The summed E-state index contributed by atoms with van der Waals surface area (Å²) in [4.78, 5) is 17.5. The number of hydrogen-bond donors (Lipinski definition) is 0. The van der Waals surface area contributed by atoms with Gasteiger partial charge in [0, 0.05) is 22.3 Å². The van der Waals surface area contributed by atoms with Gasteiger partial charge in [0.15, 0.2) is 0 Å². The first-order valence-corrected chi connectivity index (χ1v) is 17.7. The predicted molar refractivity (Wildman–Crippen MR) is 196 cm³/mol. The van der Waals surface area contributed by atoms with E-state index in [1.807, 2.05) is 26.1 Å². The van der Waals surface area contributed by atoms with E-state index in [-0.39, 0.29) is 26.5 Å². The number of aliphatic imine (C=N–C) groups is 1. The van der Waals surface area contributed by atoms with E-state index in [1.54, 1.807) is 11.8 Å². The van der Waals surface area contributed by atoms with Crippen LogP contribution in [0.1, 0.15) is 78.0 Å². The smallest absolute Gasteiger partial charge is 0.510 e. The summed E-state index contributed by atoms with van der Waals surface area (Å²) in [6.07, 6.45) is 1.85. The standard InChI is InChI=1S/C42H38N4O2S.Pt/c1-21-14-24(4)36-30(16-21)41(9)42(10,40(36,7)8)48-39(45-41)27-19-33(26(6)44-25(27)5)47-32-20-31-28(18-23(32)3)29-15-22(2)17-35-37(29)46(31)38-34(49-35)12-11-13-43-38;/h11-18H,1-10H3;/q-2;+2/t41-,42+;/m1./s1. The van der Waals surface area contributed by atoms with E-state index >= 15 is 0 Å². The van der Waals surface area contributed by atoms with Crippen molar-refractivity contribution in [3.63, 3.8) is 0 Å². The van der Waals surface area contributed by atoms with Crippen molar-refractivity contribution in [2.24, 2.45) is 4.99 Å². The van der Waals surface area contributed by atoms with Gasteiger partial charge in [-0.15, -0.1) is 17.0 Å². The van der Waals surface area contributed by atoms with Gasteiger partial charge in [-0.2, -0.15) is 6.07 Å². The minimum Gasteiger partial charge on any atom is -0.510 e. The molecule has 3 aromatic carbocycles. The third-order valence-corrected chi connectivity index (χ3v) is 12.5. The molecule has 3 aliphatic rings. The van der Waals surface area contributed by atoms with Crippen LogP contribution in [-0.2, 0) is 36.8 Å². The molecule has 6 nitrogen and oxygen atoms in total. The quantitative estimate of drug-likeness (QED) is 0.166. The summed E-state index contributed by atoms with van der Waals surface area (Å²) >= 11 is 1.77. The normalized spacial score (nSPS) is 21.0. The van der Waals surface area contributed by atoms with Crippen LogP contribution < -0.4 is 4.74 Å². The Labute approximate surface area is 312 Å². The topological polar surface area (TPSA) is 61.5 Å². The summed E-state index contributed by atoms with van der Waals surface area (Å²) in [5, 5.41) is 2.32. The third kappa shape index (κ3) is 4.23. The van der Waals surface area contributed by atoms with E-state index in [9.17, 15) is 0 Å². The zero-order chi connectivity index (χ0) is 34.4. The summed E-state index contributed by atoms with van der Waals surface area (Å²) in [6, 6.07) is 22.6. The number of rotatable bonds is 3. The van der Waals surface area contributed by atoms with Crippen molar-refractivity contribution in [3.8, 4) is 17.3 Å². The van der Waals surface area contributed by atoms with E-state index in [0.29, 0.717) is 17.4 Å². The van der Waals surface area contributed by atoms with E-state index in [4.69, 9.17) is 24.4 Å². The molecule has 9 rings (SSSR count). The van der Waals surface area contributed by atoms with E-state index in [1.165, 1.54) is 38.1 Å². The first-order valence-electron chi connectivity index (χ1n) is 16.9. The molecule has 0 unspecified atom stereocenters. The molecule has 50 heavy (non-hydrogen) atoms.